The second kappa shape index (κ2) is 5.28. The summed E-state index contributed by atoms with van der Waals surface area (Å²) in [4.78, 5) is 1.07. The predicted molar refractivity (Wildman–Crippen MR) is 69.1 cm³/mol. The molecule has 1 aromatic heterocycles. The first-order chi connectivity index (χ1) is 8.91. The number of H-pyrrole nitrogens is 1. The quantitative estimate of drug-likeness (QED) is 0.866. The van der Waals surface area contributed by atoms with E-state index >= 15 is 0 Å². The van der Waals surface area contributed by atoms with Crippen molar-refractivity contribution in [3.8, 4) is 0 Å². The van der Waals surface area contributed by atoms with Crippen LogP contribution in [0.15, 0.2) is 29.2 Å². The van der Waals surface area contributed by atoms with Crippen molar-refractivity contribution in [3.05, 3.63) is 53.7 Å². The second-order valence-corrected chi connectivity index (χ2v) is 4.93. The summed E-state index contributed by atoms with van der Waals surface area (Å²) in [5.74, 6) is 0. The van der Waals surface area contributed by atoms with Crippen molar-refractivity contribution in [3.63, 3.8) is 0 Å². The van der Waals surface area contributed by atoms with Crippen molar-refractivity contribution in [1.29, 1.82) is 0 Å². The molecule has 0 aliphatic heterocycles. The van der Waals surface area contributed by atoms with Gasteiger partial charge in [-0.25, -0.2) is 0 Å². The molecular formula is C13H12F3N2S. The zero-order valence-corrected chi connectivity index (χ0v) is 11.0. The van der Waals surface area contributed by atoms with Gasteiger partial charge in [0.2, 0.25) is 0 Å². The molecule has 0 aliphatic rings. The molecule has 2 aromatic rings. The third kappa shape index (κ3) is 3.12. The number of benzene rings is 1. The maximum atomic E-state index is 12.8. The number of nitrogens with zero attached hydrogens (tertiary/aromatic N) is 1. The highest BCUT2D eigenvalue weighted by Crippen LogP contribution is 2.32. The molecule has 2 rings (SSSR count). The van der Waals surface area contributed by atoms with Crippen molar-refractivity contribution in [1.82, 2.24) is 10.2 Å². The Kier molecular flexibility index (Phi) is 3.89. The van der Waals surface area contributed by atoms with Gasteiger partial charge in [0, 0.05) is 16.9 Å². The molecule has 0 unspecified atom stereocenters. The Balaban J connectivity index is 2.30. The monoisotopic (exact) mass is 285 g/mol. The van der Waals surface area contributed by atoms with Crippen LogP contribution in [0.1, 0.15) is 22.5 Å². The average molecular weight is 285 g/mol. The molecule has 0 saturated carbocycles. The Morgan fingerprint density at radius 2 is 1.89 bits per heavy atom. The SMILES string of the molecule is [CH2]c1n[nH]c(C(F)(F)F)c1Cc1ccc(SC)cc1. The summed E-state index contributed by atoms with van der Waals surface area (Å²) in [5.41, 5.74) is 0.228. The van der Waals surface area contributed by atoms with Crippen molar-refractivity contribution >= 4 is 11.8 Å². The van der Waals surface area contributed by atoms with Crippen molar-refractivity contribution in [2.45, 2.75) is 17.5 Å². The van der Waals surface area contributed by atoms with E-state index in [-0.39, 0.29) is 17.7 Å². The Hall–Kier alpha value is -1.43. The fourth-order valence-electron chi connectivity index (χ4n) is 1.78. The fourth-order valence-corrected chi connectivity index (χ4v) is 2.18. The zero-order chi connectivity index (χ0) is 14.0. The van der Waals surface area contributed by atoms with Gasteiger partial charge >= 0.3 is 6.18 Å². The maximum Gasteiger partial charge on any atom is 0.433 e. The number of aromatic amines is 1. The Morgan fingerprint density at radius 1 is 1.26 bits per heavy atom. The summed E-state index contributed by atoms with van der Waals surface area (Å²) in [6.45, 7) is 3.54. The van der Waals surface area contributed by atoms with Gasteiger partial charge in [-0.1, -0.05) is 12.1 Å². The van der Waals surface area contributed by atoms with Gasteiger partial charge in [0.25, 0.3) is 0 Å². The summed E-state index contributed by atoms with van der Waals surface area (Å²) < 4.78 is 38.3. The van der Waals surface area contributed by atoms with Crippen molar-refractivity contribution < 1.29 is 13.2 Å². The van der Waals surface area contributed by atoms with Gasteiger partial charge in [0.05, 0.1) is 5.69 Å². The normalized spacial score (nSPS) is 11.8. The van der Waals surface area contributed by atoms with E-state index in [4.69, 9.17) is 0 Å². The van der Waals surface area contributed by atoms with Crippen LogP contribution in [0.3, 0.4) is 0 Å². The van der Waals surface area contributed by atoms with Gasteiger partial charge in [-0.3, -0.25) is 5.10 Å². The number of rotatable bonds is 3. The number of halogens is 3. The van der Waals surface area contributed by atoms with Crippen LogP contribution in [-0.2, 0) is 12.6 Å². The lowest BCUT2D eigenvalue weighted by Gasteiger charge is -2.08. The number of nitrogens with one attached hydrogen (secondary N) is 1. The maximum absolute atomic E-state index is 12.8. The summed E-state index contributed by atoms with van der Waals surface area (Å²) in [6, 6.07) is 7.41. The van der Waals surface area contributed by atoms with Crippen LogP contribution in [0.2, 0.25) is 0 Å². The summed E-state index contributed by atoms with van der Waals surface area (Å²) in [6.07, 6.45) is -2.32. The molecule has 1 heterocycles. The van der Waals surface area contributed by atoms with Crippen LogP contribution in [0.5, 0.6) is 0 Å². The fraction of sp³-hybridized carbons (Fsp3) is 0.231. The number of aromatic nitrogens is 2. The highest BCUT2D eigenvalue weighted by atomic mass is 32.2. The van der Waals surface area contributed by atoms with E-state index in [0.717, 1.165) is 10.5 Å². The third-order valence-corrected chi connectivity index (χ3v) is 3.52. The van der Waals surface area contributed by atoms with E-state index in [1.807, 2.05) is 35.6 Å². The lowest BCUT2D eigenvalue weighted by molar-refractivity contribution is -0.141. The average Bonchev–Trinajstić information content (AvgIpc) is 2.72. The first-order valence-electron chi connectivity index (χ1n) is 5.51. The van der Waals surface area contributed by atoms with Crippen LogP contribution in [0.4, 0.5) is 13.2 Å². The molecule has 2 nitrogen and oxygen atoms in total. The number of alkyl halides is 3. The van der Waals surface area contributed by atoms with E-state index in [1.165, 1.54) is 0 Å². The molecule has 0 fully saturated rings. The minimum absolute atomic E-state index is 0.101. The molecule has 0 amide bonds. The molecule has 1 radical (unpaired) electrons. The number of thioether (sulfide) groups is 1. The van der Waals surface area contributed by atoms with Gasteiger partial charge in [-0.2, -0.15) is 18.3 Å². The minimum atomic E-state index is -4.43. The summed E-state index contributed by atoms with van der Waals surface area (Å²) >= 11 is 1.59. The molecule has 6 heteroatoms. The van der Waals surface area contributed by atoms with E-state index in [0.29, 0.717) is 0 Å². The lowest BCUT2D eigenvalue weighted by atomic mass is 10.0. The van der Waals surface area contributed by atoms with Crippen LogP contribution >= 0.6 is 11.8 Å². The molecular weight excluding hydrogens is 273 g/mol. The molecule has 0 saturated heterocycles. The lowest BCUT2D eigenvalue weighted by Crippen LogP contribution is -2.09. The van der Waals surface area contributed by atoms with E-state index in [1.54, 1.807) is 11.8 Å². The van der Waals surface area contributed by atoms with Crippen LogP contribution in [0.25, 0.3) is 0 Å². The Morgan fingerprint density at radius 3 is 2.42 bits per heavy atom. The first kappa shape index (κ1) is 14.0. The smallest absolute Gasteiger partial charge is 0.273 e. The van der Waals surface area contributed by atoms with E-state index in [2.05, 4.69) is 12.0 Å². The third-order valence-electron chi connectivity index (χ3n) is 2.78. The van der Waals surface area contributed by atoms with Crippen LogP contribution < -0.4 is 0 Å². The molecule has 0 atom stereocenters. The Labute approximate surface area is 113 Å². The number of hydrogen-bond donors (Lipinski definition) is 1. The zero-order valence-electron chi connectivity index (χ0n) is 10.2. The van der Waals surface area contributed by atoms with E-state index in [9.17, 15) is 13.2 Å². The Bertz CT molecular complexity index is 558. The first-order valence-corrected chi connectivity index (χ1v) is 6.73. The van der Waals surface area contributed by atoms with Gasteiger partial charge in [-0.05, 0) is 30.9 Å². The highest BCUT2D eigenvalue weighted by molar-refractivity contribution is 7.98. The van der Waals surface area contributed by atoms with Gasteiger partial charge in [-0.15, -0.1) is 11.8 Å². The summed E-state index contributed by atoms with van der Waals surface area (Å²) in [5, 5.41) is 5.57. The predicted octanol–water partition coefficient (Wildman–Crippen LogP) is 3.92. The minimum Gasteiger partial charge on any atom is -0.273 e. The molecule has 19 heavy (non-hydrogen) atoms. The van der Waals surface area contributed by atoms with Gasteiger partial charge < -0.3 is 0 Å². The molecule has 1 aromatic carbocycles. The van der Waals surface area contributed by atoms with Crippen LogP contribution in [-0.4, -0.2) is 16.5 Å². The van der Waals surface area contributed by atoms with Crippen molar-refractivity contribution in [2.24, 2.45) is 0 Å². The molecule has 101 valence electrons. The van der Waals surface area contributed by atoms with Crippen LogP contribution in [0, 0.1) is 6.92 Å². The summed E-state index contributed by atoms with van der Waals surface area (Å²) in [7, 11) is 0. The highest BCUT2D eigenvalue weighted by Gasteiger charge is 2.36. The van der Waals surface area contributed by atoms with E-state index < -0.39 is 11.9 Å². The molecule has 0 aliphatic carbocycles. The largest absolute Gasteiger partial charge is 0.433 e. The van der Waals surface area contributed by atoms with Gasteiger partial charge in [0.15, 0.2) is 0 Å². The molecule has 0 spiro atoms. The molecule has 1 N–H and O–H groups in total. The second-order valence-electron chi connectivity index (χ2n) is 4.05. The standard InChI is InChI=1S/C13H12F3N2S/c1-8-11(12(18-17-8)13(14,15)16)7-9-3-5-10(19-2)6-4-9/h3-6H,1,7H2,2H3,(H,17,18). The molecule has 0 bridgehead atoms. The topological polar surface area (TPSA) is 28.7 Å². The number of hydrogen-bond acceptors (Lipinski definition) is 2. The van der Waals surface area contributed by atoms with Crippen molar-refractivity contribution in [2.75, 3.05) is 6.26 Å². The van der Waals surface area contributed by atoms with Gasteiger partial charge in [0.1, 0.15) is 5.69 Å².